The fourth-order valence-corrected chi connectivity index (χ4v) is 5.10. The van der Waals surface area contributed by atoms with E-state index in [1.165, 1.54) is 13.8 Å². The molecule has 3 rings (SSSR count). The van der Waals surface area contributed by atoms with Crippen LogP contribution in [0.4, 0.5) is 14.6 Å². The van der Waals surface area contributed by atoms with Crippen molar-refractivity contribution in [1.29, 1.82) is 0 Å². The van der Waals surface area contributed by atoms with E-state index in [1.807, 2.05) is 19.9 Å². The number of hydrogen-bond acceptors (Lipinski definition) is 7. The zero-order valence-electron chi connectivity index (χ0n) is 21.4. The Bertz CT molecular complexity index is 1170. The van der Waals surface area contributed by atoms with E-state index in [0.29, 0.717) is 17.4 Å². The van der Waals surface area contributed by atoms with Crippen molar-refractivity contribution in [3.63, 3.8) is 0 Å². The van der Waals surface area contributed by atoms with E-state index in [-0.39, 0.29) is 29.2 Å². The number of thioether (sulfide) groups is 1. The summed E-state index contributed by atoms with van der Waals surface area (Å²) in [6.07, 6.45) is 0.0495. The number of benzene rings is 1. The van der Waals surface area contributed by atoms with E-state index in [2.05, 4.69) is 15.6 Å². The number of amides is 1. The van der Waals surface area contributed by atoms with Gasteiger partial charge in [0, 0.05) is 34.7 Å². The van der Waals surface area contributed by atoms with Gasteiger partial charge in [-0.15, -0.1) is 0 Å². The van der Waals surface area contributed by atoms with Crippen LogP contribution in [0.1, 0.15) is 68.7 Å². The summed E-state index contributed by atoms with van der Waals surface area (Å²) < 4.78 is 29.8. The molecule has 1 aliphatic heterocycles. The number of carbonyl (C=O) groups is 1. The lowest BCUT2D eigenvalue weighted by molar-refractivity contribution is -0.114. The second-order valence-electron chi connectivity index (χ2n) is 10.2. The van der Waals surface area contributed by atoms with Gasteiger partial charge < -0.3 is 26.6 Å². The maximum Gasteiger partial charge on any atom is 0.247 e. The minimum Gasteiger partial charge on any atom is -0.389 e. The number of rotatable bonds is 9. The molecule has 1 aliphatic rings. The number of nitrogens with zero attached hydrogens (tertiary/aromatic N) is 1. The van der Waals surface area contributed by atoms with Crippen LogP contribution in [0.2, 0.25) is 0 Å². The molecule has 0 fully saturated rings. The summed E-state index contributed by atoms with van der Waals surface area (Å²) in [7, 11) is 0. The Labute approximate surface area is 214 Å². The Hall–Kier alpha value is -2.53. The van der Waals surface area contributed by atoms with Gasteiger partial charge >= 0.3 is 0 Å². The summed E-state index contributed by atoms with van der Waals surface area (Å²) >= 11 is 1.11. The van der Waals surface area contributed by atoms with Crippen molar-refractivity contribution in [2.75, 3.05) is 5.32 Å². The maximum atomic E-state index is 14.9. The lowest BCUT2D eigenvalue weighted by Crippen LogP contribution is -2.44. The van der Waals surface area contributed by atoms with Gasteiger partial charge in [0.15, 0.2) is 0 Å². The average Bonchev–Trinajstić information content (AvgIpc) is 3.14. The van der Waals surface area contributed by atoms with Crippen molar-refractivity contribution in [1.82, 2.24) is 10.3 Å². The van der Waals surface area contributed by atoms with Crippen molar-refractivity contribution >= 4 is 23.5 Å². The molecular formula is C26H34F2N4O3S. The minimum absolute atomic E-state index is 0.0495. The normalized spacial score (nSPS) is 17.4. The molecule has 2 heterocycles. The van der Waals surface area contributed by atoms with Crippen LogP contribution < -0.4 is 16.4 Å². The number of nitrogens with two attached hydrogens (primary N) is 1. The number of aryl methyl sites for hydroxylation is 1. The number of aliphatic hydroxyl groups is 2. The predicted octanol–water partition coefficient (Wildman–Crippen LogP) is 4.13. The molecule has 10 heteroatoms. The van der Waals surface area contributed by atoms with Gasteiger partial charge in [0.25, 0.3) is 0 Å². The van der Waals surface area contributed by atoms with Gasteiger partial charge in [-0.25, -0.2) is 13.8 Å². The summed E-state index contributed by atoms with van der Waals surface area (Å²) in [5.74, 6) is -1.80. The van der Waals surface area contributed by atoms with E-state index >= 15 is 0 Å². The molecule has 0 saturated carbocycles. The van der Waals surface area contributed by atoms with E-state index < -0.39 is 34.0 Å². The molecule has 0 radical (unpaired) electrons. The predicted molar refractivity (Wildman–Crippen MR) is 138 cm³/mol. The van der Waals surface area contributed by atoms with Gasteiger partial charge in [-0.3, -0.25) is 4.79 Å². The quantitative estimate of drug-likeness (QED) is 0.337. The number of halogens is 2. The minimum atomic E-state index is -1.40. The Morgan fingerprint density at radius 1 is 1.22 bits per heavy atom. The van der Waals surface area contributed by atoms with Crippen molar-refractivity contribution in [3.8, 4) is 0 Å². The number of aromatic nitrogens is 1. The first-order valence-electron chi connectivity index (χ1n) is 11.7. The van der Waals surface area contributed by atoms with Crippen LogP contribution in [-0.2, 0) is 16.9 Å². The van der Waals surface area contributed by atoms with E-state index in [4.69, 9.17) is 5.73 Å². The van der Waals surface area contributed by atoms with Crippen molar-refractivity contribution in [3.05, 3.63) is 68.9 Å². The summed E-state index contributed by atoms with van der Waals surface area (Å²) in [5.41, 5.74) is 5.18. The van der Waals surface area contributed by atoms with Crippen LogP contribution in [-0.4, -0.2) is 32.7 Å². The first kappa shape index (κ1) is 28.0. The molecule has 6 N–H and O–H groups in total. The first-order valence-corrected chi connectivity index (χ1v) is 12.6. The monoisotopic (exact) mass is 520 g/mol. The number of nitrogens with one attached hydrogen (secondary N) is 2. The molecule has 7 nitrogen and oxygen atoms in total. The molecule has 1 aromatic heterocycles. The SMILES string of the molecule is Cc1nc(NC2=C(C(N)=O)CC(c3c(F)cc(C(C)(C)O)cc3F)S2)ccc1CNC(C)C(C)(C)O. The molecule has 1 amide bonds. The standard InChI is InChI=1S/C26H34F2N4O3S/c1-13-15(12-30-14(2)25(3,4)34)7-8-21(31-13)32-24-17(23(29)33)11-20(36-24)22-18(27)9-16(10-19(22)28)26(5,6)35/h7-10,14,20,30,34-35H,11-12H2,1-6H3,(H2,29,33)(H,31,32). The molecule has 2 aromatic rings. The Kier molecular flexibility index (Phi) is 8.14. The van der Waals surface area contributed by atoms with Crippen molar-refractivity contribution < 1.29 is 23.8 Å². The van der Waals surface area contributed by atoms with Gasteiger partial charge in [-0.05, 0) is 77.3 Å². The molecule has 0 aliphatic carbocycles. The lowest BCUT2D eigenvalue weighted by Gasteiger charge is -2.27. The Morgan fingerprint density at radius 2 is 1.83 bits per heavy atom. The van der Waals surface area contributed by atoms with Crippen molar-refractivity contribution in [2.45, 2.75) is 77.0 Å². The average molecular weight is 521 g/mol. The number of anilines is 1. The number of hydrogen-bond donors (Lipinski definition) is 5. The highest BCUT2D eigenvalue weighted by Gasteiger charge is 2.34. The van der Waals surface area contributed by atoms with Crippen molar-refractivity contribution in [2.24, 2.45) is 5.73 Å². The molecule has 0 bridgehead atoms. The van der Waals surface area contributed by atoms with Crippen LogP contribution in [0.3, 0.4) is 0 Å². The van der Waals surface area contributed by atoms with Crippen LogP contribution in [0.25, 0.3) is 0 Å². The molecule has 0 saturated heterocycles. The zero-order valence-corrected chi connectivity index (χ0v) is 22.2. The Morgan fingerprint density at radius 3 is 2.33 bits per heavy atom. The topological polar surface area (TPSA) is 120 Å². The molecule has 196 valence electrons. The highest BCUT2D eigenvalue weighted by atomic mass is 32.2. The van der Waals surface area contributed by atoms with Gasteiger partial charge in [-0.2, -0.15) is 0 Å². The molecule has 2 unspecified atom stereocenters. The van der Waals surface area contributed by atoms with Gasteiger partial charge in [-0.1, -0.05) is 17.8 Å². The second-order valence-corrected chi connectivity index (χ2v) is 11.4. The number of pyridine rings is 1. The van der Waals surface area contributed by atoms with E-state index in [1.54, 1.807) is 19.9 Å². The third-order valence-corrected chi connectivity index (χ3v) is 7.69. The fourth-order valence-electron chi connectivity index (χ4n) is 3.73. The number of carbonyl (C=O) groups excluding carboxylic acids is 1. The van der Waals surface area contributed by atoms with E-state index in [9.17, 15) is 23.8 Å². The third kappa shape index (κ3) is 6.42. The van der Waals surface area contributed by atoms with E-state index in [0.717, 1.165) is 35.2 Å². The smallest absolute Gasteiger partial charge is 0.247 e. The van der Waals surface area contributed by atoms with Crippen LogP contribution in [0.15, 0.2) is 34.9 Å². The third-order valence-electron chi connectivity index (χ3n) is 6.42. The Balaban J connectivity index is 1.79. The fraction of sp³-hybridized carbons (Fsp3) is 0.462. The van der Waals surface area contributed by atoms with Crippen LogP contribution >= 0.6 is 11.8 Å². The first-order chi connectivity index (χ1) is 16.6. The summed E-state index contributed by atoms with van der Waals surface area (Å²) in [5, 5.41) is 26.3. The van der Waals surface area contributed by atoms with Gasteiger partial charge in [0.05, 0.1) is 16.2 Å². The molecular weight excluding hydrogens is 486 g/mol. The summed E-state index contributed by atoms with van der Waals surface area (Å²) in [6, 6.07) is 5.72. The zero-order chi connectivity index (χ0) is 27.0. The highest BCUT2D eigenvalue weighted by molar-refractivity contribution is 8.03. The van der Waals surface area contributed by atoms with Gasteiger partial charge in [0.1, 0.15) is 17.5 Å². The van der Waals surface area contributed by atoms with Crippen LogP contribution in [0.5, 0.6) is 0 Å². The highest BCUT2D eigenvalue weighted by Crippen LogP contribution is 2.49. The van der Waals surface area contributed by atoms with Gasteiger partial charge in [0.2, 0.25) is 5.91 Å². The second kappa shape index (κ2) is 10.5. The number of primary amides is 1. The summed E-state index contributed by atoms with van der Waals surface area (Å²) in [4.78, 5) is 16.7. The largest absolute Gasteiger partial charge is 0.389 e. The maximum absolute atomic E-state index is 14.9. The van der Waals surface area contributed by atoms with Crippen LogP contribution in [0, 0.1) is 18.6 Å². The summed E-state index contributed by atoms with van der Waals surface area (Å²) in [6.45, 7) is 10.6. The molecule has 0 spiro atoms. The lowest BCUT2D eigenvalue weighted by atomic mass is 9.94. The molecule has 2 atom stereocenters. The molecule has 1 aromatic carbocycles. The molecule has 36 heavy (non-hydrogen) atoms.